The van der Waals surface area contributed by atoms with Gasteiger partial charge in [-0.15, -0.1) is 12.4 Å². The molecule has 6 nitrogen and oxygen atoms in total. The lowest BCUT2D eigenvalue weighted by atomic mass is 10.1. The first-order valence-electron chi connectivity index (χ1n) is 5.38. The number of hydrogen-bond acceptors (Lipinski definition) is 4. The van der Waals surface area contributed by atoms with Crippen LogP contribution in [0, 0.1) is 6.92 Å². The standard InChI is InChI=1S/C11H17N3O3S.ClH/c1-8-3-4-9(12)7-10(8)11(15)13-5-6-14-18(2,16)17;/h3-4,7,14H,5-6,12H2,1-2H3,(H,13,15);1H. The molecule has 8 heteroatoms. The number of nitrogen functional groups attached to an aromatic ring is 1. The van der Waals surface area contributed by atoms with Crippen LogP contribution in [0.1, 0.15) is 15.9 Å². The summed E-state index contributed by atoms with van der Waals surface area (Å²) in [7, 11) is -3.22. The lowest BCUT2D eigenvalue weighted by Crippen LogP contribution is -2.34. The van der Waals surface area contributed by atoms with Crippen LogP contribution in [0.2, 0.25) is 0 Å². The molecule has 0 saturated heterocycles. The molecule has 1 rings (SSSR count). The van der Waals surface area contributed by atoms with Gasteiger partial charge >= 0.3 is 0 Å². The molecular formula is C11H18ClN3O3S. The molecule has 4 N–H and O–H groups in total. The number of carbonyl (C=O) groups is 1. The topological polar surface area (TPSA) is 101 Å². The second kappa shape index (κ2) is 7.32. The molecule has 1 aromatic carbocycles. The minimum atomic E-state index is -3.22. The van der Waals surface area contributed by atoms with Crippen molar-refractivity contribution in [2.24, 2.45) is 0 Å². The lowest BCUT2D eigenvalue weighted by Gasteiger charge is -2.08. The van der Waals surface area contributed by atoms with Gasteiger partial charge in [0.25, 0.3) is 5.91 Å². The van der Waals surface area contributed by atoms with Crippen molar-refractivity contribution >= 4 is 34.0 Å². The van der Waals surface area contributed by atoms with Gasteiger partial charge in [-0.1, -0.05) is 6.07 Å². The van der Waals surface area contributed by atoms with Gasteiger partial charge in [-0.2, -0.15) is 0 Å². The molecule has 0 aliphatic rings. The van der Waals surface area contributed by atoms with Gasteiger partial charge in [0.15, 0.2) is 0 Å². The fourth-order valence-electron chi connectivity index (χ4n) is 1.39. The Hall–Kier alpha value is -1.31. The number of carbonyl (C=O) groups excluding carboxylic acids is 1. The normalized spacial score (nSPS) is 10.6. The fraction of sp³-hybridized carbons (Fsp3) is 0.364. The minimum Gasteiger partial charge on any atom is -0.399 e. The van der Waals surface area contributed by atoms with Crippen LogP contribution in [0.5, 0.6) is 0 Å². The molecule has 0 aliphatic carbocycles. The highest BCUT2D eigenvalue weighted by Gasteiger charge is 2.08. The number of anilines is 1. The number of benzene rings is 1. The highest BCUT2D eigenvalue weighted by Crippen LogP contribution is 2.12. The molecule has 1 aromatic rings. The number of sulfonamides is 1. The van der Waals surface area contributed by atoms with Crippen LogP contribution in [0.4, 0.5) is 5.69 Å². The zero-order valence-electron chi connectivity index (χ0n) is 10.8. The smallest absolute Gasteiger partial charge is 0.251 e. The number of nitrogens with one attached hydrogen (secondary N) is 2. The van der Waals surface area contributed by atoms with Crippen LogP contribution < -0.4 is 15.8 Å². The van der Waals surface area contributed by atoms with E-state index in [9.17, 15) is 13.2 Å². The largest absolute Gasteiger partial charge is 0.399 e. The molecule has 1 amide bonds. The quantitative estimate of drug-likeness (QED) is 0.537. The maximum Gasteiger partial charge on any atom is 0.251 e. The average Bonchev–Trinajstić information content (AvgIpc) is 2.26. The van der Waals surface area contributed by atoms with Gasteiger partial charge in [-0.05, 0) is 24.6 Å². The maximum absolute atomic E-state index is 11.8. The summed E-state index contributed by atoms with van der Waals surface area (Å²) in [6.07, 6.45) is 1.07. The number of nitrogens with two attached hydrogens (primary N) is 1. The van der Waals surface area contributed by atoms with E-state index in [-0.39, 0.29) is 31.4 Å². The van der Waals surface area contributed by atoms with E-state index in [1.807, 2.05) is 6.92 Å². The molecule has 108 valence electrons. The Bertz CT molecular complexity index is 546. The third-order valence-electron chi connectivity index (χ3n) is 2.28. The zero-order chi connectivity index (χ0) is 13.8. The van der Waals surface area contributed by atoms with Gasteiger partial charge in [0.05, 0.1) is 6.26 Å². The van der Waals surface area contributed by atoms with Crippen molar-refractivity contribution in [2.75, 3.05) is 25.1 Å². The first-order chi connectivity index (χ1) is 8.29. The number of rotatable bonds is 5. The van der Waals surface area contributed by atoms with Crippen LogP contribution in [-0.2, 0) is 10.0 Å². The first-order valence-corrected chi connectivity index (χ1v) is 7.28. The van der Waals surface area contributed by atoms with Crippen molar-refractivity contribution in [3.05, 3.63) is 29.3 Å². The van der Waals surface area contributed by atoms with Crippen molar-refractivity contribution < 1.29 is 13.2 Å². The molecule has 0 spiro atoms. The van der Waals surface area contributed by atoms with Gasteiger partial charge < -0.3 is 11.1 Å². The molecule has 0 aliphatic heterocycles. The molecule has 0 heterocycles. The summed E-state index contributed by atoms with van der Waals surface area (Å²) in [5.74, 6) is -0.268. The predicted octanol–water partition coefficient (Wildman–Crippen LogP) is 0.278. The summed E-state index contributed by atoms with van der Waals surface area (Å²) >= 11 is 0. The van der Waals surface area contributed by atoms with E-state index in [0.717, 1.165) is 11.8 Å². The third-order valence-corrected chi connectivity index (χ3v) is 3.01. The van der Waals surface area contributed by atoms with E-state index >= 15 is 0 Å². The molecule has 0 bridgehead atoms. The molecule has 0 unspecified atom stereocenters. The van der Waals surface area contributed by atoms with Crippen molar-refractivity contribution in [1.82, 2.24) is 10.0 Å². The Kier molecular flexibility index (Phi) is 6.82. The highest BCUT2D eigenvalue weighted by molar-refractivity contribution is 7.88. The number of hydrogen-bond donors (Lipinski definition) is 3. The number of aryl methyl sites for hydroxylation is 1. The Morgan fingerprint density at radius 2 is 1.95 bits per heavy atom. The molecule has 0 radical (unpaired) electrons. The van der Waals surface area contributed by atoms with Crippen LogP contribution in [0.25, 0.3) is 0 Å². The number of halogens is 1. The van der Waals surface area contributed by atoms with Gasteiger partial charge in [-0.25, -0.2) is 13.1 Å². The Morgan fingerprint density at radius 1 is 1.32 bits per heavy atom. The SMILES string of the molecule is Cc1ccc(N)cc1C(=O)NCCNS(C)(=O)=O.Cl. The van der Waals surface area contributed by atoms with Crippen molar-refractivity contribution in [1.29, 1.82) is 0 Å². The van der Waals surface area contributed by atoms with Gasteiger partial charge in [0, 0.05) is 24.3 Å². The molecule has 0 aromatic heterocycles. The molecular weight excluding hydrogens is 290 g/mol. The van der Waals surface area contributed by atoms with Gasteiger partial charge in [0.2, 0.25) is 10.0 Å². The van der Waals surface area contributed by atoms with E-state index in [1.165, 1.54) is 0 Å². The Balaban J connectivity index is 0.00000324. The van der Waals surface area contributed by atoms with Crippen LogP contribution >= 0.6 is 12.4 Å². The molecule has 0 saturated carbocycles. The zero-order valence-corrected chi connectivity index (χ0v) is 12.4. The lowest BCUT2D eigenvalue weighted by molar-refractivity contribution is 0.0953. The van der Waals surface area contributed by atoms with E-state index in [2.05, 4.69) is 10.0 Å². The van der Waals surface area contributed by atoms with Crippen molar-refractivity contribution in [3.63, 3.8) is 0 Å². The van der Waals surface area contributed by atoms with Gasteiger partial charge in [0.1, 0.15) is 0 Å². The Labute approximate surface area is 119 Å². The summed E-state index contributed by atoms with van der Waals surface area (Å²) in [5.41, 5.74) is 7.43. The first kappa shape index (κ1) is 17.7. The van der Waals surface area contributed by atoms with Crippen molar-refractivity contribution in [3.8, 4) is 0 Å². The van der Waals surface area contributed by atoms with E-state index < -0.39 is 10.0 Å². The monoisotopic (exact) mass is 307 g/mol. The molecule has 0 atom stereocenters. The van der Waals surface area contributed by atoms with Gasteiger partial charge in [-0.3, -0.25) is 4.79 Å². The van der Waals surface area contributed by atoms with Crippen LogP contribution in [-0.4, -0.2) is 33.7 Å². The van der Waals surface area contributed by atoms with E-state index in [1.54, 1.807) is 18.2 Å². The predicted molar refractivity (Wildman–Crippen MR) is 78.0 cm³/mol. The Morgan fingerprint density at radius 3 is 2.53 bits per heavy atom. The van der Waals surface area contributed by atoms with E-state index in [0.29, 0.717) is 11.3 Å². The second-order valence-electron chi connectivity index (χ2n) is 4.00. The summed E-state index contributed by atoms with van der Waals surface area (Å²) in [4.78, 5) is 11.8. The molecule has 19 heavy (non-hydrogen) atoms. The van der Waals surface area contributed by atoms with E-state index in [4.69, 9.17) is 5.73 Å². The van der Waals surface area contributed by atoms with Crippen LogP contribution in [0.15, 0.2) is 18.2 Å². The fourth-order valence-corrected chi connectivity index (χ4v) is 1.86. The maximum atomic E-state index is 11.8. The van der Waals surface area contributed by atoms with Crippen LogP contribution in [0.3, 0.4) is 0 Å². The highest BCUT2D eigenvalue weighted by atomic mass is 35.5. The third kappa shape index (κ3) is 6.42. The molecule has 0 fully saturated rings. The summed E-state index contributed by atoms with van der Waals surface area (Å²) in [6, 6.07) is 5.07. The summed E-state index contributed by atoms with van der Waals surface area (Å²) < 4.78 is 23.9. The average molecular weight is 308 g/mol. The minimum absolute atomic E-state index is 0. The summed E-state index contributed by atoms with van der Waals surface area (Å²) in [6.45, 7) is 2.19. The second-order valence-corrected chi connectivity index (χ2v) is 5.83. The number of amides is 1. The summed E-state index contributed by atoms with van der Waals surface area (Å²) in [5, 5.41) is 2.62. The van der Waals surface area contributed by atoms with Crippen molar-refractivity contribution in [2.45, 2.75) is 6.92 Å².